The van der Waals surface area contributed by atoms with Gasteiger partial charge in [0.25, 0.3) is 0 Å². The molecule has 3 fully saturated rings. The lowest BCUT2D eigenvalue weighted by atomic mass is 9.47. The van der Waals surface area contributed by atoms with Gasteiger partial charge in [-0.2, -0.15) is 0 Å². The standard InChI is InChI=1S/C31H51BrO2/c1-20(2)8-7-9-21(3)26-12-13-27-25-11-10-23-19-24(34-29(33)18-22(4)32)14-16-30(23,5)28(25)15-17-31(26,27)6/h10,20-22,24-28H,7-9,11-19H2,1-6H3. The number of ether oxygens (including phenoxy) is 1. The molecule has 34 heavy (non-hydrogen) atoms. The molecule has 4 aliphatic carbocycles. The van der Waals surface area contributed by atoms with Gasteiger partial charge in [0, 0.05) is 11.2 Å². The molecule has 0 aliphatic heterocycles. The van der Waals surface area contributed by atoms with Gasteiger partial charge in [0.15, 0.2) is 0 Å². The molecule has 0 heterocycles. The molecule has 0 saturated heterocycles. The van der Waals surface area contributed by atoms with E-state index in [4.69, 9.17) is 4.74 Å². The minimum Gasteiger partial charge on any atom is -0.462 e. The number of alkyl halides is 1. The molecule has 2 nitrogen and oxygen atoms in total. The average molecular weight is 536 g/mol. The van der Waals surface area contributed by atoms with Gasteiger partial charge in [0.05, 0.1) is 6.42 Å². The van der Waals surface area contributed by atoms with Gasteiger partial charge in [-0.3, -0.25) is 4.79 Å². The second-order valence-corrected chi connectivity index (χ2v) is 15.2. The largest absolute Gasteiger partial charge is 0.462 e. The van der Waals surface area contributed by atoms with E-state index in [-0.39, 0.29) is 16.9 Å². The minimum absolute atomic E-state index is 0.0415. The highest BCUT2D eigenvalue weighted by Crippen LogP contribution is 2.67. The maximum atomic E-state index is 12.3. The minimum atomic E-state index is -0.0415. The molecule has 3 saturated carbocycles. The first-order valence-electron chi connectivity index (χ1n) is 14.6. The maximum Gasteiger partial charge on any atom is 0.307 e. The Kier molecular flexibility index (Phi) is 8.33. The number of carbonyl (C=O) groups is 1. The third-order valence-corrected chi connectivity index (χ3v) is 11.3. The van der Waals surface area contributed by atoms with Crippen LogP contribution < -0.4 is 0 Å². The van der Waals surface area contributed by atoms with Crippen molar-refractivity contribution >= 4 is 21.9 Å². The van der Waals surface area contributed by atoms with Crippen LogP contribution in [0.25, 0.3) is 0 Å². The number of fused-ring (bicyclic) bond motifs is 5. The normalized spacial score (nSPS) is 41.2. The zero-order valence-corrected chi connectivity index (χ0v) is 24.5. The number of hydrogen-bond acceptors (Lipinski definition) is 2. The molecular formula is C31H51BrO2. The number of hydrogen-bond donors (Lipinski definition) is 0. The van der Waals surface area contributed by atoms with E-state index >= 15 is 0 Å². The molecule has 0 amide bonds. The summed E-state index contributed by atoms with van der Waals surface area (Å²) in [5.41, 5.74) is 2.50. The zero-order valence-electron chi connectivity index (χ0n) is 22.9. The van der Waals surface area contributed by atoms with Crippen LogP contribution in [0.4, 0.5) is 0 Å². The predicted octanol–water partition coefficient (Wildman–Crippen LogP) is 9.11. The van der Waals surface area contributed by atoms with Gasteiger partial charge in [0.2, 0.25) is 0 Å². The van der Waals surface area contributed by atoms with Crippen LogP contribution in [0.1, 0.15) is 119 Å². The van der Waals surface area contributed by atoms with Gasteiger partial charge in [-0.1, -0.05) is 88.4 Å². The van der Waals surface area contributed by atoms with Crippen molar-refractivity contribution in [1.82, 2.24) is 0 Å². The summed E-state index contributed by atoms with van der Waals surface area (Å²) in [7, 11) is 0. The van der Waals surface area contributed by atoms with Crippen molar-refractivity contribution in [1.29, 1.82) is 0 Å². The van der Waals surface area contributed by atoms with Crippen molar-refractivity contribution in [3.63, 3.8) is 0 Å². The summed E-state index contributed by atoms with van der Waals surface area (Å²) in [6.45, 7) is 14.6. The fourth-order valence-corrected chi connectivity index (χ4v) is 9.48. The molecule has 0 aromatic carbocycles. The fourth-order valence-electron chi connectivity index (χ4n) is 9.22. The van der Waals surface area contributed by atoms with E-state index in [1.54, 1.807) is 5.57 Å². The van der Waals surface area contributed by atoms with Crippen molar-refractivity contribution in [2.24, 2.45) is 46.3 Å². The Labute approximate surface area is 218 Å². The van der Waals surface area contributed by atoms with Gasteiger partial charge in [-0.25, -0.2) is 0 Å². The highest BCUT2D eigenvalue weighted by atomic mass is 79.9. The topological polar surface area (TPSA) is 26.3 Å². The summed E-state index contributed by atoms with van der Waals surface area (Å²) >= 11 is 3.49. The van der Waals surface area contributed by atoms with E-state index in [9.17, 15) is 4.79 Å². The van der Waals surface area contributed by atoms with Gasteiger partial charge >= 0.3 is 5.97 Å². The van der Waals surface area contributed by atoms with Gasteiger partial charge in [-0.15, -0.1) is 0 Å². The molecule has 0 aromatic heterocycles. The lowest BCUT2D eigenvalue weighted by Crippen LogP contribution is -2.51. The maximum absolute atomic E-state index is 12.3. The molecule has 0 bridgehead atoms. The first-order valence-corrected chi connectivity index (χ1v) is 15.5. The monoisotopic (exact) mass is 534 g/mol. The second-order valence-electron chi connectivity index (χ2n) is 13.6. The van der Waals surface area contributed by atoms with Crippen molar-refractivity contribution in [3.05, 3.63) is 11.6 Å². The molecular weight excluding hydrogens is 484 g/mol. The summed E-state index contributed by atoms with van der Waals surface area (Å²) in [6, 6.07) is 0. The van der Waals surface area contributed by atoms with E-state index in [0.29, 0.717) is 17.3 Å². The lowest BCUT2D eigenvalue weighted by Gasteiger charge is -2.58. The Bertz CT molecular complexity index is 757. The highest BCUT2D eigenvalue weighted by Gasteiger charge is 2.59. The van der Waals surface area contributed by atoms with E-state index in [1.165, 1.54) is 57.8 Å². The number of halogens is 1. The molecule has 9 atom stereocenters. The van der Waals surface area contributed by atoms with Crippen LogP contribution in [0.2, 0.25) is 0 Å². The molecule has 4 rings (SSSR count). The summed E-state index contributed by atoms with van der Waals surface area (Å²) in [6.07, 6.45) is 17.6. The Morgan fingerprint density at radius 3 is 2.53 bits per heavy atom. The highest BCUT2D eigenvalue weighted by molar-refractivity contribution is 9.09. The van der Waals surface area contributed by atoms with Crippen LogP contribution in [0.5, 0.6) is 0 Å². The molecule has 3 heteroatoms. The summed E-state index contributed by atoms with van der Waals surface area (Å²) in [5, 5.41) is 0. The van der Waals surface area contributed by atoms with Gasteiger partial charge < -0.3 is 4.74 Å². The fraction of sp³-hybridized carbons (Fsp3) is 0.903. The molecule has 9 unspecified atom stereocenters. The van der Waals surface area contributed by atoms with Gasteiger partial charge in [0.1, 0.15) is 6.10 Å². The molecule has 0 spiro atoms. The van der Waals surface area contributed by atoms with Crippen LogP contribution in [0.3, 0.4) is 0 Å². The molecule has 0 N–H and O–H groups in total. The zero-order chi connectivity index (χ0) is 24.7. The third-order valence-electron chi connectivity index (χ3n) is 11.0. The van der Waals surface area contributed by atoms with Crippen LogP contribution in [0, 0.1) is 46.3 Å². The number of carbonyl (C=O) groups excluding carboxylic acids is 1. The van der Waals surface area contributed by atoms with Crippen molar-refractivity contribution in [2.45, 2.75) is 130 Å². The molecule has 194 valence electrons. The first kappa shape index (κ1) is 26.7. The first-order chi connectivity index (χ1) is 16.0. The Morgan fingerprint density at radius 2 is 1.82 bits per heavy atom. The van der Waals surface area contributed by atoms with Crippen molar-refractivity contribution < 1.29 is 9.53 Å². The van der Waals surface area contributed by atoms with E-state index < -0.39 is 0 Å². The van der Waals surface area contributed by atoms with Gasteiger partial charge in [-0.05, 0) is 91.3 Å². The van der Waals surface area contributed by atoms with Crippen LogP contribution >= 0.6 is 15.9 Å². The lowest BCUT2D eigenvalue weighted by molar-refractivity contribution is -0.151. The van der Waals surface area contributed by atoms with E-state index in [0.717, 1.165) is 48.3 Å². The van der Waals surface area contributed by atoms with Crippen molar-refractivity contribution in [2.75, 3.05) is 0 Å². The van der Waals surface area contributed by atoms with E-state index in [1.807, 2.05) is 6.92 Å². The smallest absolute Gasteiger partial charge is 0.307 e. The summed E-state index contributed by atoms with van der Waals surface area (Å²) < 4.78 is 5.90. The Morgan fingerprint density at radius 1 is 1.06 bits per heavy atom. The number of allylic oxidation sites excluding steroid dienone is 1. The average Bonchev–Trinajstić information content (AvgIpc) is 3.10. The number of rotatable bonds is 8. The predicted molar refractivity (Wildman–Crippen MR) is 146 cm³/mol. The van der Waals surface area contributed by atoms with Crippen LogP contribution in [0.15, 0.2) is 11.6 Å². The number of esters is 1. The van der Waals surface area contributed by atoms with E-state index in [2.05, 4.69) is 56.6 Å². The molecule has 0 radical (unpaired) electrons. The summed E-state index contributed by atoms with van der Waals surface area (Å²) in [4.78, 5) is 12.5. The summed E-state index contributed by atoms with van der Waals surface area (Å²) in [5.74, 6) is 5.21. The quantitative estimate of drug-likeness (QED) is 0.176. The van der Waals surface area contributed by atoms with Crippen molar-refractivity contribution in [3.8, 4) is 0 Å². The van der Waals surface area contributed by atoms with Crippen LogP contribution in [-0.4, -0.2) is 16.9 Å². The third kappa shape index (κ3) is 5.21. The Hall–Kier alpha value is -0.310. The SMILES string of the molecule is CC(C)CCCC(C)C1CCC2C3CC=C4CC(OC(=O)CC(C)Br)CCC4(C)C3CCC12C. The Balaban J connectivity index is 1.42. The molecule has 4 aliphatic rings. The second kappa shape index (κ2) is 10.6. The van der Waals surface area contributed by atoms with Crippen LogP contribution in [-0.2, 0) is 9.53 Å². The molecule has 0 aromatic rings.